The van der Waals surface area contributed by atoms with Crippen molar-refractivity contribution in [2.75, 3.05) is 39.9 Å². The molecular weight excluding hydrogens is 306 g/mol. The molecule has 24 heavy (non-hydrogen) atoms. The molecule has 2 aromatic rings. The smallest absolute Gasteiger partial charge is 0.248 e. The summed E-state index contributed by atoms with van der Waals surface area (Å²) in [6.45, 7) is 5.26. The number of methoxy groups -OCH3 is 1. The summed E-state index contributed by atoms with van der Waals surface area (Å²) in [7, 11) is 1.54. The van der Waals surface area contributed by atoms with E-state index in [-0.39, 0.29) is 18.6 Å². The lowest BCUT2D eigenvalue weighted by atomic mass is 10.2. The highest BCUT2D eigenvalue weighted by atomic mass is 16.5. The second kappa shape index (κ2) is 7.59. The summed E-state index contributed by atoms with van der Waals surface area (Å²) in [5.74, 6) is 1.55. The number of nitrogens with zero attached hydrogens (tertiary/aromatic N) is 3. The van der Waals surface area contributed by atoms with Gasteiger partial charge in [-0.05, 0) is 6.92 Å². The Labute approximate surface area is 142 Å². The molecule has 6 heteroatoms. The van der Waals surface area contributed by atoms with Crippen molar-refractivity contribution in [1.29, 1.82) is 0 Å². The van der Waals surface area contributed by atoms with Crippen LogP contribution >= 0.6 is 0 Å². The molecular formula is C18H23N3O3. The van der Waals surface area contributed by atoms with E-state index in [1.807, 2.05) is 35.2 Å². The predicted octanol–water partition coefficient (Wildman–Crippen LogP) is 2.19. The lowest BCUT2D eigenvalue weighted by Crippen LogP contribution is -2.50. The van der Waals surface area contributed by atoms with Gasteiger partial charge in [-0.15, -0.1) is 0 Å². The van der Waals surface area contributed by atoms with Crippen LogP contribution in [0.1, 0.15) is 18.9 Å². The maximum atomic E-state index is 11.9. The molecule has 128 valence electrons. The molecule has 0 spiro atoms. The third kappa shape index (κ3) is 3.66. The zero-order valence-corrected chi connectivity index (χ0v) is 14.1. The highest BCUT2D eigenvalue weighted by Crippen LogP contribution is 2.26. The topological polar surface area (TPSA) is 58.8 Å². The SMILES string of the molecule is COCC(=O)N1CCN([C@@H](C)c2ncc(-c3ccccc3)o2)CC1. The number of benzene rings is 1. The van der Waals surface area contributed by atoms with Gasteiger partial charge in [0, 0.05) is 38.9 Å². The zero-order chi connectivity index (χ0) is 16.9. The van der Waals surface area contributed by atoms with E-state index < -0.39 is 0 Å². The molecule has 0 unspecified atom stereocenters. The lowest BCUT2D eigenvalue weighted by Gasteiger charge is -2.36. The quantitative estimate of drug-likeness (QED) is 0.841. The predicted molar refractivity (Wildman–Crippen MR) is 90.4 cm³/mol. The van der Waals surface area contributed by atoms with Gasteiger partial charge in [0.25, 0.3) is 0 Å². The summed E-state index contributed by atoms with van der Waals surface area (Å²) in [5.41, 5.74) is 1.03. The maximum Gasteiger partial charge on any atom is 0.248 e. The van der Waals surface area contributed by atoms with Gasteiger partial charge in [0.1, 0.15) is 6.61 Å². The Morgan fingerprint density at radius 1 is 1.25 bits per heavy atom. The Hall–Kier alpha value is -2.18. The van der Waals surface area contributed by atoms with Gasteiger partial charge in [0.15, 0.2) is 5.76 Å². The van der Waals surface area contributed by atoms with Gasteiger partial charge in [-0.2, -0.15) is 0 Å². The summed E-state index contributed by atoms with van der Waals surface area (Å²) in [4.78, 5) is 20.4. The fraction of sp³-hybridized carbons (Fsp3) is 0.444. The molecule has 0 radical (unpaired) electrons. The molecule has 1 fully saturated rings. The second-order valence-corrected chi connectivity index (χ2v) is 5.95. The molecule has 0 aliphatic carbocycles. The van der Waals surface area contributed by atoms with E-state index >= 15 is 0 Å². The van der Waals surface area contributed by atoms with Crippen molar-refractivity contribution in [3.8, 4) is 11.3 Å². The van der Waals surface area contributed by atoms with Crippen LogP contribution in [0, 0.1) is 0 Å². The van der Waals surface area contributed by atoms with E-state index in [2.05, 4.69) is 16.8 Å². The highest BCUT2D eigenvalue weighted by Gasteiger charge is 2.27. The molecule has 1 aliphatic heterocycles. The molecule has 1 atom stereocenters. The van der Waals surface area contributed by atoms with Gasteiger partial charge >= 0.3 is 0 Å². The van der Waals surface area contributed by atoms with Crippen molar-refractivity contribution < 1.29 is 13.9 Å². The van der Waals surface area contributed by atoms with E-state index in [0.717, 1.165) is 24.4 Å². The van der Waals surface area contributed by atoms with Crippen LogP contribution < -0.4 is 0 Å². The summed E-state index contributed by atoms with van der Waals surface area (Å²) in [6, 6.07) is 10.1. The van der Waals surface area contributed by atoms with Crippen LogP contribution in [0.2, 0.25) is 0 Å². The Bertz CT molecular complexity index is 663. The fourth-order valence-electron chi connectivity index (χ4n) is 2.95. The number of hydrogen-bond acceptors (Lipinski definition) is 5. The Balaban J connectivity index is 1.61. The molecule has 1 aromatic heterocycles. The standard InChI is InChI=1S/C18H23N3O3/c1-14(20-8-10-21(11-9-20)17(22)13-23-2)18-19-12-16(24-18)15-6-4-3-5-7-15/h3-7,12,14H,8-11,13H2,1-2H3/t14-/m0/s1. The summed E-state index contributed by atoms with van der Waals surface area (Å²) < 4.78 is 10.9. The van der Waals surface area contributed by atoms with Gasteiger partial charge < -0.3 is 14.1 Å². The molecule has 1 aliphatic rings. The van der Waals surface area contributed by atoms with Crippen molar-refractivity contribution in [2.24, 2.45) is 0 Å². The summed E-state index contributed by atoms with van der Waals surface area (Å²) >= 11 is 0. The molecule has 0 N–H and O–H groups in total. The monoisotopic (exact) mass is 329 g/mol. The minimum Gasteiger partial charge on any atom is -0.439 e. The zero-order valence-electron chi connectivity index (χ0n) is 14.1. The van der Waals surface area contributed by atoms with Crippen LogP contribution in [0.15, 0.2) is 40.9 Å². The van der Waals surface area contributed by atoms with Gasteiger partial charge in [-0.25, -0.2) is 4.98 Å². The lowest BCUT2D eigenvalue weighted by molar-refractivity contribution is -0.137. The van der Waals surface area contributed by atoms with Crippen molar-refractivity contribution in [3.63, 3.8) is 0 Å². The molecule has 0 bridgehead atoms. The molecule has 0 saturated carbocycles. The number of piperazine rings is 1. The molecule has 1 amide bonds. The molecule has 2 heterocycles. The number of carbonyl (C=O) groups excluding carboxylic acids is 1. The summed E-state index contributed by atoms with van der Waals surface area (Å²) in [5, 5.41) is 0. The second-order valence-electron chi connectivity index (χ2n) is 5.95. The molecule has 3 rings (SSSR count). The van der Waals surface area contributed by atoms with Gasteiger partial charge in [-0.3, -0.25) is 9.69 Å². The molecule has 1 aromatic carbocycles. The highest BCUT2D eigenvalue weighted by molar-refractivity contribution is 5.77. The van der Waals surface area contributed by atoms with Crippen molar-refractivity contribution in [3.05, 3.63) is 42.4 Å². The minimum absolute atomic E-state index is 0.0484. The van der Waals surface area contributed by atoms with E-state index in [1.165, 1.54) is 0 Å². The van der Waals surface area contributed by atoms with Gasteiger partial charge in [-0.1, -0.05) is 30.3 Å². The first-order valence-corrected chi connectivity index (χ1v) is 8.21. The number of oxazole rings is 1. The average Bonchev–Trinajstić information content (AvgIpc) is 3.12. The number of carbonyl (C=O) groups is 1. The fourth-order valence-corrected chi connectivity index (χ4v) is 2.95. The number of aromatic nitrogens is 1. The van der Waals surface area contributed by atoms with Crippen LogP contribution in [0.25, 0.3) is 11.3 Å². The van der Waals surface area contributed by atoms with Crippen LogP contribution in [0.5, 0.6) is 0 Å². The van der Waals surface area contributed by atoms with Crippen molar-refractivity contribution in [1.82, 2.24) is 14.8 Å². The van der Waals surface area contributed by atoms with Crippen LogP contribution in [-0.2, 0) is 9.53 Å². The number of hydrogen-bond donors (Lipinski definition) is 0. The Morgan fingerprint density at radius 2 is 1.96 bits per heavy atom. The number of amides is 1. The van der Waals surface area contributed by atoms with E-state index in [4.69, 9.17) is 9.15 Å². The Morgan fingerprint density at radius 3 is 2.62 bits per heavy atom. The van der Waals surface area contributed by atoms with E-state index in [1.54, 1.807) is 13.3 Å². The first-order valence-electron chi connectivity index (χ1n) is 8.21. The van der Waals surface area contributed by atoms with Gasteiger partial charge in [0.05, 0.1) is 12.2 Å². The van der Waals surface area contributed by atoms with Crippen LogP contribution in [0.3, 0.4) is 0 Å². The first-order chi connectivity index (χ1) is 11.7. The minimum atomic E-state index is 0.0484. The van der Waals surface area contributed by atoms with Crippen LogP contribution in [0.4, 0.5) is 0 Å². The largest absolute Gasteiger partial charge is 0.439 e. The van der Waals surface area contributed by atoms with Crippen molar-refractivity contribution in [2.45, 2.75) is 13.0 Å². The maximum absolute atomic E-state index is 11.9. The van der Waals surface area contributed by atoms with Gasteiger partial charge in [0.2, 0.25) is 11.8 Å². The number of rotatable bonds is 5. The van der Waals surface area contributed by atoms with Crippen LogP contribution in [-0.4, -0.2) is 60.6 Å². The molecule has 1 saturated heterocycles. The van der Waals surface area contributed by atoms with E-state index in [0.29, 0.717) is 19.0 Å². The number of ether oxygens (including phenoxy) is 1. The summed E-state index contributed by atoms with van der Waals surface area (Å²) in [6.07, 6.45) is 1.78. The van der Waals surface area contributed by atoms with Crippen molar-refractivity contribution >= 4 is 5.91 Å². The third-order valence-corrected chi connectivity index (χ3v) is 4.42. The normalized spacial score (nSPS) is 17.0. The molecule has 6 nitrogen and oxygen atoms in total. The first kappa shape index (κ1) is 16.7. The average molecular weight is 329 g/mol. The third-order valence-electron chi connectivity index (χ3n) is 4.42. The van der Waals surface area contributed by atoms with E-state index in [9.17, 15) is 4.79 Å². The Kier molecular flexibility index (Phi) is 5.27.